The molecule has 1 aliphatic heterocycles. The van der Waals surface area contributed by atoms with Crippen molar-refractivity contribution >= 4 is 46.4 Å². The molecule has 0 aromatic heterocycles. The lowest BCUT2D eigenvalue weighted by atomic mass is 10.1. The van der Waals surface area contributed by atoms with Gasteiger partial charge in [0, 0.05) is 10.7 Å². The highest BCUT2D eigenvalue weighted by atomic mass is 35.5. The molecule has 2 aromatic carbocycles. The molecule has 1 aliphatic rings. The van der Waals surface area contributed by atoms with Crippen LogP contribution in [0.15, 0.2) is 47.1 Å². The first-order valence-corrected chi connectivity index (χ1v) is 8.44. The molecular formula is C19H16Cl2N2O2. The van der Waals surface area contributed by atoms with E-state index in [1.165, 1.54) is 0 Å². The second kappa shape index (κ2) is 6.54. The average Bonchev–Trinajstić information content (AvgIpc) is 2.76. The minimum absolute atomic E-state index is 0.0651. The zero-order chi connectivity index (χ0) is 18.3. The molecule has 128 valence electrons. The Morgan fingerprint density at radius 3 is 2.24 bits per heavy atom. The number of anilines is 2. The highest BCUT2D eigenvalue weighted by Gasteiger charge is 2.39. The second-order valence-electron chi connectivity index (χ2n) is 6.01. The van der Waals surface area contributed by atoms with Gasteiger partial charge in [-0.3, -0.25) is 9.59 Å². The summed E-state index contributed by atoms with van der Waals surface area (Å²) in [5.74, 6) is -1.08. The first kappa shape index (κ1) is 17.5. The summed E-state index contributed by atoms with van der Waals surface area (Å²) >= 11 is 12.3. The fourth-order valence-corrected chi connectivity index (χ4v) is 3.04. The Morgan fingerprint density at radius 2 is 1.60 bits per heavy atom. The van der Waals surface area contributed by atoms with E-state index in [0.717, 1.165) is 27.3 Å². The molecule has 6 heteroatoms. The number of imide groups is 1. The molecule has 3 rings (SSSR count). The van der Waals surface area contributed by atoms with E-state index in [1.54, 1.807) is 18.2 Å². The smallest absolute Gasteiger partial charge is 0.283 e. The van der Waals surface area contributed by atoms with Crippen molar-refractivity contribution in [3.63, 3.8) is 0 Å². The first-order valence-electron chi connectivity index (χ1n) is 7.68. The van der Waals surface area contributed by atoms with Gasteiger partial charge in [0.05, 0.1) is 5.69 Å². The SMILES string of the molecule is Cc1ccc(NC2=C(Cl)C(=O)N(c3ccc(C)c(Cl)c3)C2=O)c(C)c1. The molecule has 2 aromatic rings. The summed E-state index contributed by atoms with van der Waals surface area (Å²) in [6.07, 6.45) is 0. The van der Waals surface area contributed by atoms with Crippen LogP contribution in [0.25, 0.3) is 0 Å². The number of nitrogens with one attached hydrogen (secondary N) is 1. The molecule has 0 saturated carbocycles. The number of hydrogen-bond donors (Lipinski definition) is 1. The van der Waals surface area contributed by atoms with Gasteiger partial charge < -0.3 is 5.32 Å². The van der Waals surface area contributed by atoms with Crippen molar-refractivity contribution in [2.45, 2.75) is 20.8 Å². The summed E-state index contributed by atoms with van der Waals surface area (Å²) in [5.41, 5.74) is 4.10. The van der Waals surface area contributed by atoms with Crippen LogP contribution in [-0.2, 0) is 9.59 Å². The summed E-state index contributed by atoms with van der Waals surface area (Å²) < 4.78 is 0. The Kier molecular flexibility index (Phi) is 4.58. The molecule has 0 spiro atoms. The number of aryl methyl sites for hydroxylation is 3. The van der Waals surface area contributed by atoms with Gasteiger partial charge in [0.2, 0.25) is 0 Å². The summed E-state index contributed by atoms with van der Waals surface area (Å²) in [7, 11) is 0. The lowest BCUT2D eigenvalue weighted by molar-refractivity contribution is -0.120. The molecular weight excluding hydrogens is 359 g/mol. The molecule has 1 heterocycles. The van der Waals surface area contributed by atoms with Gasteiger partial charge >= 0.3 is 0 Å². The number of carbonyl (C=O) groups excluding carboxylic acids is 2. The van der Waals surface area contributed by atoms with Gasteiger partial charge in [-0.15, -0.1) is 0 Å². The van der Waals surface area contributed by atoms with Crippen molar-refractivity contribution in [3.8, 4) is 0 Å². The number of nitrogens with zero attached hydrogens (tertiary/aromatic N) is 1. The van der Waals surface area contributed by atoms with Crippen molar-refractivity contribution in [2.24, 2.45) is 0 Å². The molecule has 4 nitrogen and oxygen atoms in total. The maximum absolute atomic E-state index is 12.8. The van der Waals surface area contributed by atoms with Crippen molar-refractivity contribution in [2.75, 3.05) is 10.2 Å². The van der Waals surface area contributed by atoms with Gasteiger partial charge in [-0.05, 0) is 50.1 Å². The standard InChI is InChI=1S/C19H16Cl2N2O2/c1-10-4-7-15(12(3)8-10)22-17-16(21)18(24)23(19(17)25)13-6-5-11(2)14(20)9-13/h4-9,22H,1-3H3. The molecule has 0 saturated heterocycles. The van der Waals surface area contributed by atoms with Crippen molar-refractivity contribution in [3.05, 3.63) is 68.8 Å². The third-order valence-corrected chi connectivity index (χ3v) is 4.84. The van der Waals surface area contributed by atoms with Gasteiger partial charge in [0.1, 0.15) is 10.7 Å². The van der Waals surface area contributed by atoms with Crippen LogP contribution < -0.4 is 10.2 Å². The van der Waals surface area contributed by atoms with Gasteiger partial charge in [-0.1, -0.05) is 47.0 Å². The molecule has 1 N–H and O–H groups in total. The number of benzene rings is 2. The Morgan fingerprint density at radius 1 is 0.880 bits per heavy atom. The van der Waals surface area contributed by atoms with E-state index in [1.807, 2.05) is 39.0 Å². The van der Waals surface area contributed by atoms with Gasteiger partial charge in [-0.25, -0.2) is 4.90 Å². The number of rotatable bonds is 3. The summed E-state index contributed by atoms with van der Waals surface area (Å²) in [4.78, 5) is 26.3. The fraction of sp³-hybridized carbons (Fsp3) is 0.158. The van der Waals surface area contributed by atoms with Crippen LogP contribution in [-0.4, -0.2) is 11.8 Å². The van der Waals surface area contributed by atoms with E-state index >= 15 is 0 Å². The third-order valence-electron chi connectivity index (χ3n) is 4.08. The van der Waals surface area contributed by atoms with Gasteiger partial charge in [-0.2, -0.15) is 0 Å². The largest absolute Gasteiger partial charge is 0.349 e. The fourth-order valence-electron chi connectivity index (χ4n) is 2.66. The van der Waals surface area contributed by atoms with E-state index in [4.69, 9.17) is 23.2 Å². The van der Waals surface area contributed by atoms with Crippen LogP contribution in [0.4, 0.5) is 11.4 Å². The van der Waals surface area contributed by atoms with Crippen molar-refractivity contribution in [1.29, 1.82) is 0 Å². The normalized spacial score (nSPS) is 14.5. The zero-order valence-corrected chi connectivity index (χ0v) is 15.5. The minimum Gasteiger partial charge on any atom is -0.349 e. The molecule has 0 atom stereocenters. The van der Waals surface area contributed by atoms with E-state index in [-0.39, 0.29) is 10.7 Å². The first-order chi connectivity index (χ1) is 11.8. The van der Waals surface area contributed by atoms with Gasteiger partial charge in [0.25, 0.3) is 11.8 Å². The Balaban J connectivity index is 1.95. The van der Waals surface area contributed by atoms with Crippen molar-refractivity contribution < 1.29 is 9.59 Å². The lowest BCUT2D eigenvalue weighted by Crippen LogP contribution is -2.32. The van der Waals surface area contributed by atoms with Crippen LogP contribution in [0.5, 0.6) is 0 Å². The van der Waals surface area contributed by atoms with Crippen LogP contribution >= 0.6 is 23.2 Å². The maximum Gasteiger partial charge on any atom is 0.283 e. The van der Waals surface area contributed by atoms with Crippen LogP contribution in [0.3, 0.4) is 0 Å². The van der Waals surface area contributed by atoms with Gasteiger partial charge in [0.15, 0.2) is 0 Å². The van der Waals surface area contributed by atoms with E-state index < -0.39 is 11.8 Å². The number of hydrogen-bond acceptors (Lipinski definition) is 3. The maximum atomic E-state index is 12.8. The molecule has 0 aliphatic carbocycles. The van der Waals surface area contributed by atoms with Crippen molar-refractivity contribution in [1.82, 2.24) is 0 Å². The number of amides is 2. The third kappa shape index (κ3) is 3.15. The molecule has 25 heavy (non-hydrogen) atoms. The van der Waals surface area contributed by atoms with E-state index in [9.17, 15) is 9.59 Å². The summed E-state index contributed by atoms with van der Waals surface area (Å²) in [6.45, 7) is 5.75. The number of halogens is 2. The quantitative estimate of drug-likeness (QED) is 0.791. The molecule has 0 fully saturated rings. The zero-order valence-electron chi connectivity index (χ0n) is 14.0. The van der Waals surface area contributed by atoms with Crippen LogP contribution in [0.2, 0.25) is 5.02 Å². The summed E-state index contributed by atoms with van der Waals surface area (Å²) in [6, 6.07) is 10.8. The molecule has 0 unspecified atom stereocenters. The monoisotopic (exact) mass is 374 g/mol. The Labute approximate surface area is 156 Å². The molecule has 0 radical (unpaired) electrons. The highest BCUT2D eigenvalue weighted by molar-refractivity contribution is 6.53. The van der Waals surface area contributed by atoms with E-state index in [2.05, 4.69) is 5.32 Å². The second-order valence-corrected chi connectivity index (χ2v) is 6.80. The van der Waals surface area contributed by atoms with Crippen LogP contribution in [0, 0.1) is 20.8 Å². The topological polar surface area (TPSA) is 49.4 Å². The Bertz CT molecular complexity index is 935. The van der Waals surface area contributed by atoms with Crippen LogP contribution in [0.1, 0.15) is 16.7 Å². The predicted octanol–water partition coefficient (Wildman–Crippen LogP) is 4.70. The summed E-state index contributed by atoms with van der Waals surface area (Å²) in [5, 5.41) is 3.33. The molecule has 2 amide bonds. The lowest BCUT2D eigenvalue weighted by Gasteiger charge is -2.16. The molecule has 0 bridgehead atoms. The number of carbonyl (C=O) groups is 2. The predicted molar refractivity (Wildman–Crippen MR) is 101 cm³/mol. The van der Waals surface area contributed by atoms with E-state index in [0.29, 0.717) is 10.7 Å². The Hall–Kier alpha value is -2.30. The minimum atomic E-state index is -0.571. The average molecular weight is 375 g/mol. The highest BCUT2D eigenvalue weighted by Crippen LogP contribution is 2.32.